The van der Waals surface area contributed by atoms with Crippen LogP contribution in [-0.2, 0) is 0 Å². The van der Waals surface area contributed by atoms with Crippen LogP contribution in [0.1, 0.15) is 0 Å². The van der Waals surface area contributed by atoms with E-state index in [2.05, 4.69) is 4.29 Å². The summed E-state index contributed by atoms with van der Waals surface area (Å²) in [5, 5.41) is 10.6. The van der Waals surface area contributed by atoms with Gasteiger partial charge >= 0.3 is 0 Å². The van der Waals surface area contributed by atoms with Crippen LogP contribution in [0.3, 0.4) is 0 Å². The van der Waals surface area contributed by atoms with Crippen molar-refractivity contribution in [2.24, 2.45) is 0 Å². The van der Waals surface area contributed by atoms with Crippen molar-refractivity contribution in [2.75, 3.05) is 0 Å². The lowest BCUT2D eigenvalue weighted by Gasteiger charge is -2.18. The number of aromatic hydroxyl groups is 1. The SMILES string of the molecule is Oc1c(Cl)c(OCl)c(Cl)c2c1c(Cl)c(Cl)c1c(Cl)c(Cl)c(Cl)c(Cl)c12. The van der Waals surface area contributed by atoms with Crippen molar-refractivity contribution in [1.29, 1.82) is 0 Å². The van der Waals surface area contributed by atoms with Crippen LogP contribution in [0.5, 0.6) is 11.5 Å². The molecule has 0 aliphatic heterocycles. The first kappa shape index (κ1) is 20.1. The Kier molecular flexibility index (Phi) is 5.71. The topological polar surface area (TPSA) is 29.5 Å². The fourth-order valence-electron chi connectivity index (χ4n) is 2.46. The Morgan fingerprint density at radius 3 is 1.40 bits per heavy atom. The highest BCUT2D eigenvalue weighted by Gasteiger charge is 2.28. The van der Waals surface area contributed by atoms with Crippen LogP contribution >= 0.6 is 105 Å². The monoisotopic (exact) mass is 516 g/mol. The molecule has 3 aromatic rings. The number of phenols is 1. The second-order valence-electron chi connectivity index (χ2n) is 4.77. The highest BCUT2D eigenvalue weighted by atomic mass is 35.5. The summed E-state index contributed by atoms with van der Waals surface area (Å²) in [6, 6.07) is 0. The molecule has 0 bridgehead atoms. The molecular weight excluding hydrogens is 519 g/mol. The Labute approximate surface area is 186 Å². The molecule has 132 valence electrons. The van der Waals surface area contributed by atoms with E-state index in [1.54, 1.807) is 0 Å². The number of halogens is 9. The summed E-state index contributed by atoms with van der Waals surface area (Å²) in [7, 11) is 0. The molecule has 0 aromatic heterocycles. The van der Waals surface area contributed by atoms with Gasteiger partial charge in [-0.15, -0.1) is 0 Å². The van der Waals surface area contributed by atoms with E-state index in [1.165, 1.54) is 0 Å². The molecule has 0 fully saturated rings. The second kappa shape index (κ2) is 7.09. The molecule has 0 unspecified atom stereocenters. The van der Waals surface area contributed by atoms with Crippen molar-refractivity contribution in [2.45, 2.75) is 0 Å². The first-order chi connectivity index (χ1) is 11.6. The highest BCUT2D eigenvalue weighted by molar-refractivity contribution is 6.61. The number of benzene rings is 3. The van der Waals surface area contributed by atoms with Crippen LogP contribution in [0.15, 0.2) is 0 Å². The molecule has 0 saturated heterocycles. The molecule has 0 aliphatic rings. The molecule has 0 amide bonds. The van der Waals surface area contributed by atoms with Gasteiger partial charge in [0.2, 0.25) is 0 Å². The summed E-state index contributed by atoms with van der Waals surface area (Å²) in [6.45, 7) is 0. The maximum absolute atomic E-state index is 10.4. The van der Waals surface area contributed by atoms with E-state index in [1.807, 2.05) is 0 Å². The Morgan fingerprint density at radius 1 is 0.480 bits per heavy atom. The molecule has 0 spiro atoms. The lowest BCUT2D eigenvalue weighted by Crippen LogP contribution is -1.91. The van der Waals surface area contributed by atoms with Gasteiger partial charge in [0.05, 0.1) is 35.2 Å². The molecule has 25 heavy (non-hydrogen) atoms. The van der Waals surface area contributed by atoms with Crippen LogP contribution in [0.4, 0.5) is 0 Å². The average molecular weight is 520 g/mol. The first-order valence-corrected chi connectivity index (χ1v) is 9.43. The summed E-state index contributed by atoms with van der Waals surface area (Å²) in [6.07, 6.45) is 0. The van der Waals surface area contributed by atoms with E-state index in [0.717, 1.165) is 0 Å². The lowest BCUT2D eigenvalue weighted by molar-refractivity contribution is 0.478. The Hall–Kier alpha value is 0.390. The Balaban J connectivity index is 2.85. The maximum atomic E-state index is 10.4. The molecule has 0 heterocycles. The van der Waals surface area contributed by atoms with E-state index in [-0.39, 0.29) is 67.5 Å². The molecule has 11 heteroatoms. The van der Waals surface area contributed by atoms with E-state index in [0.29, 0.717) is 0 Å². The fraction of sp³-hybridized carbons (Fsp3) is 0. The normalized spacial score (nSPS) is 11.6. The minimum Gasteiger partial charge on any atom is -0.506 e. The van der Waals surface area contributed by atoms with Crippen molar-refractivity contribution in [3.63, 3.8) is 0 Å². The predicted octanol–water partition coefficient (Wildman–Crippen LogP) is 9.46. The van der Waals surface area contributed by atoms with E-state index in [9.17, 15) is 5.11 Å². The first-order valence-electron chi connectivity index (χ1n) is 6.09. The third-order valence-corrected chi connectivity index (χ3v) is 7.06. The fourth-order valence-corrected chi connectivity index (χ4v) is 4.95. The third-order valence-electron chi connectivity index (χ3n) is 3.54. The third kappa shape index (κ3) is 2.77. The molecule has 0 aliphatic carbocycles. The average Bonchev–Trinajstić information content (AvgIpc) is 2.58. The summed E-state index contributed by atoms with van der Waals surface area (Å²) in [4.78, 5) is 0. The van der Waals surface area contributed by atoms with Crippen molar-refractivity contribution in [3.8, 4) is 11.5 Å². The van der Waals surface area contributed by atoms with Gasteiger partial charge in [0.25, 0.3) is 0 Å². The van der Waals surface area contributed by atoms with Crippen LogP contribution in [-0.4, -0.2) is 5.11 Å². The molecular formula is C14HCl9O2. The van der Waals surface area contributed by atoms with E-state index >= 15 is 0 Å². The van der Waals surface area contributed by atoms with E-state index < -0.39 is 5.75 Å². The summed E-state index contributed by atoms with van der Waals surface area (Å²) in [5.41, 5.74) is 0. The maximum Gasteiger partial charge on any atom is 0.187 e. The number of phenolic OH excluding ortho intramolecular Hbond substituents is 1. The molecule has 0 radical (unpaired) electrons. The van der Waals surface area contributed by atoms with Gasteiger partial charge in [-0.1, -0.05) is 92.8 Å². The summed E-state index contributed by atoms with van der Waals surface area (Å²) >= 11 is 55.3. The standard InChI is InChI=1S/C14HCl9O2/c15-5-1-2-4(13(24)12(22)14(25-23)9(2)19)8(18)6(16)3(1)7(17)11(21)10(5)20/h24H. The number of hydrogen-bond acceptors (Lipinski definition) is 2. The van der Waals surface area contributed by atoms with Gasteiger partial charge in [0.15, 0.2) is 5.75 Å². The van der Waals surface area contributed by atoms with Gasteiger partial charge in [-0.2, -0.15) is 0 Å². The zero-order valence-electron chi connectivity index (χ0n) is 11.3. The van der Waals surface area contributed by atoms with Crippen LogP contribution < -0.4 is 4.29 Å². The number of hydrogen-bond donors (Lipinski definition) is 1. The minimum atomic E-state index is -0.455. The van der Waals surface area contributed by atoms with Crippen LogP contribution in [0.2, 0.25) is 40.2 Å². The second-order valence-corrected chi connectivity index (χ2v) is 7.94. The molecule has 3 aromatic carbocycles. The largest absolute Gasteiger partial charge is 0.506 e. The Morgan fingerprint density at radius 2 is 0.880 bits per heavy atom. The predicted molar refractivity (Wildman–Crippen MR) is 110 cm³/mol. The minimum absolute atomic E-state index is 0.00113. The summed E-state index contributed by atoms with van der Waals surface area (Å²) in [5.74, 6) is -0.656. The van der Waals surface area contributed by atoms with Gasteiger partial charge in [-0.05, 0) is 0 Å². The zero-order chi connectivity index (χ0) is 18.8. The van der Waals surface area contributed by atoms with Crippen LogP contribution in [0.25, 0.3) is 21.5 Å². The van der Waals surface area contributed by atoms with Gasteiger partial charge in [-0.3, -0.25) is 0 Å². The van der Waals surface area contributed by atoms with E-state index in [4.69, 9.17) is 105 Å². The number of fused-ring (bicyclic) bond motifs is 3. The van der Waals surface area contributed by atoms with Crippen LogP contribution in [0, 0.1) is 0 Å². The smallest absolute Gasteiger partial charge is 0.187 e. The van der Waals surface area contributed by atoms with Gasteiger partial charge in [0, 0.05) is 21.5 Å². The van der Waals surface area contributed by atoms with Gasteiger partial charge in [0.1, 0.15) is 22.6 Å². The molecule has 0 saturated carbocycles. The molecule has 3 rings (SSSR count). The van der Waals surface area contributed by atoms with Crippen molar-refractivity contribution in [3.05, 3.63) is 40.2 Å². The molecule has 1 N–H and O–H groups in total. The highest BCUT2D eigenvalue weighted by Crippen LogP contribution is 2.57. The zero-order valence-corrected chi connectivity index (χ0v) is 18.1. The van der Waals surface area contributed by atoms with Crippen molar-refractivity contribution < 1.29 is 9.40 Å². The van der Waals surface area contributed by atoms with Gasteiger partial charge in [-0.25, -0.2) is 0 Å². The molecule has 2 nitrogen and oxygen atoms in total. The lowest BCUT2D eigenvalue weighted by atomic mass is 10.00. The number of rotatable bonds is 1. The summed E-state index contributed by atoms with van der Waals surface area (Å²) < 4.78 is 4.64. The van der Waals surface area contributed by atoms with Crippen molar-refractivity contribution in [1.82, 2.24) is 0 Å². The Bertz CT molecular complexity index is 1080. The molecule has 0 atom stereocenters. The quantitative estimate of drug-likeness (QED) is 0.197. The van der Waals surface area contributed by atoms with Crippen molar-refractivity contribution >= 4 is 126 Å². The van der Waals surface area contributed by atoms with Gasteiger partial charge < -0.3 is 9.40 Å².